The molecule has 0 spiro atoms. The number of likely N-dealkylation sites (tertiary alicyclic amines) is 1. The normalized spacial score (nSPS) is 17.0. The summed E-state index contributed by atoms with van der Waals surface area (Å²) in [7, 11) is 1.36. The Morgan fingerprint density at radius 3 is 2.76 bits per heavy atom. The Morgan fingerprint density at radius 2 is 2.00 bits per heavy atom. The Labute approximate surface area is 196 Å². The topological polar surface area (TPSA) is 68.7 Å². The number of pyridine rings is 1. The van der Waals surface area contributed by atoms with Crippen molar-refractivity contribution in [1.29, 1.82) is 0 Å². The van der Waals surface area contributed by atoms with E-state index < -0.39 is 11.9 Å². The highest BCUT2D eigenvalue weighted by atomic mass is 35.5. The molecule has 2 heterocycles. The summed E-state index contributed by atoms with van der Waals surface area (Å²) in [4.78, 5) is 30.8. The minimum atomic E-state index is -0.728. The van der Waals surface area contributed by atoms with Crippen LogP contribution in [0.5, 0.6) is 5.75 Å². The summed E-state index contributed by atoms with van der Waals surface area (Å²) >= 11 is 6.26. The van der Waals surface area contributed by atoms with Crippen molar-refractivity contribution in [1.82, 2.24) is 9.88 Å². The molecule has 0 aliphatic carbocycles. The summed E-state index contributed by atoms with van der Waals surface area (Å²) in [6, 6.07) is 11.5. The number of methoxy groups -OCH3 is 1. The second-order valence-electron chi connectivity index (χ2n) is 8.07. The summed E-state index contributed by atoms with van der Waals surface area (Å²) in [5, 5.41) is 1.14. The second kappa shape index (κ2) is 9.75. The molecule has 0 N–H and O–H groups in total. The lowest BCUT2D eigenvalue weighted by atomic mass is 9.98. The number of ether oxygens (including phenoxy) is 2. The SMILES string of the molecule is COC(=O)[C@@H]1CCCN(C(=O)C(C)Oc2ccc3c(-c4ccc(F)cc4Cl)ccnc3c2)C1. The highest BCUT2D eigenvalue weighted by molar-refractivity contribution is 6.33. The molecule has 8 heteroatoms. The van der Waals surface area contributed by atoms with Crippen LogP contribution in [-0.4, -0.2) is 48.1 Å². The van der Waals surface area contributed by atoms with Gasteiger partial charge in [-0.3, -0.25) is 14.6 Å². The molecule has 172 valence electrons. The summed E-state index contributed by atoms with van der Waals surface area (Å²) in [6.07, 6.45) is 2.37. The standard InChI is InChI=1S/C25H24ClFN2O4/c1-15(24(30)29-11-3-4-16(14-29)25(31)32-2)33-18-6-8-21-19(9-10-28-23(21)13-18)20-7-5-17(27)12-22(20)26/h5-10,12-13,15-16H,3-4,11,14H2,1-2H3/t15?,16-/m1/s1. The van der Waals surface area contributed by atoms with Gasteiger partial charge in [-0.1, -0.05) is 11.6 Å². The van der Waals surface area contributed by atoms with E-state index in [-0.39, 0.29) is 17.8 Å². The fourth-order valence-corrected chi connectivity index (χ4v) is 4.46. The van der Waals surface area contributed by atoms with E-state index >= 15 is 0 Å². The zero-order valence-corrected chi connectivity index (χ0v) is 19.1. The lowest BCUT2D eigenvalue weighted by Gasteiger charge is -2.33. The first-order valence-corrected chi connectivity index (χ1v) is 11.1. The zero-order valence-electron chi connectivity index (χ0n) is 18.4. The number of fused-ring (bicyclic) bond motifs is 1. The molecule has 2 aromatic carbocycles. The number of nitrogens with zero attached hydrogens (tertiary/aromatic N) is 2. The lowest BCUT2D eigenvalue weighted by molar-refractivity contribution is -0.150. The smallest absolute Gasteiger partial charge is 0.310 e. The number of aromatic nitrogens is 1. The quantitative estimate of drug-likeness (QED) is 0.497. The maximum Gasteiger partial charge on any atom is 0.310 e. The van der Waals surface area contributed by atoms with Gasteiger partial charge in [0.1, 0.15) is 11.6 Å². The highest BCUT2D eigenvalue weighted by Gasteiger charge is 2.31. The third kappa shape index (κ3) is 4.93. The van der Waals surface area contributed by atoms with E-state index in [0.29, 0.717) is 41.4 Å². The van der Waals surface area contributed by atoms with Crippen molar-refractivity contribution < 1.29 is 23.5 Å². The van der Waals surface area contributed by atoms with Gasteiger partial charge in [0, 0.05) is 36.3 Å². The molecule has 0 bridgehead atoms. The number of amides is 1. The fraction of sp³-hybridized carbons (Fsp3) is 0.320. The van der Waals surface area contributed by atoms with Gasteiger partial charge in [-0.15, -0.1) is 0 Å². The number of carbonyl (C=O) groups is 2. The first-order chi connectivity index (χ1) is 15.9. The summed E-state index contributed by atoms with van der Waals surface area (Å²) in [6.45, 7) is 2.61. The van der Waals surface area contributed by atoms with Crippen LogP contribution in [0, 0.1) is 11.7 Å². The van der Waals surface area contributed by atoms with E-state index in [0.717, 1.165) is 17.4 Å². The minimum absolute atomic E-state index is 0.177. The second-order valence-corrected chi connectivity index (χ2v) is 8.48. The van der Waals surface area contributed by atoms with Crippen LogP contribution in [0.25, 0.3) is 22.0 Å². The molecule has 1 fully saturated rings. The van der Waals surface area contributed by atoms with Crippen LogP contribution in [0.3, 0.4) is 0 Å². The Morgan fingerprint density at radius 1 is 1.18 bits per heavy atom. The summed E-state index contributed by atoms with van der Waals surface area (Å²) < 4.78 is 24.2. The molecule has 3 aromatic rings. The van der Waals surface area contributed by atoms with Crippen molar-refractivity contribution in [3.05, 3.63) is 59.5 Å². The number of hydrogen-bond donors (Lipinski definition) is 0. The van der Waals surface area contributed by atoms with Gasteiger partial charge in [-0.2, -0.15) is 0 Å². The van der Waals surface area contributed by atoms with Gasteiger partial charge in [-0.25, -0.2) is 4.39 Å². The predicted molar refractivity (Wildman–Crippen MR) is 124 cm³/mol. The molecular formula is C25H24ClFN2O4. The minimum Gasteiger partial charge on any atom is -0.481 e. The number of piperidine rings is 1. The van der Waals surface area contributed by atoms with E-state index in [1.54, 1.807) is 36.2 Å². The third-order valence-electron chi connectivity index (χ3n) is 5.86. The van der Waals surface area contributed by atoms with Crippen LogP contribution in [0.2, 0.25) is 5.02 Å². The molecule has 0 saturated carbocycles. The number of hydrogen-bond acceptors (Lipinski definition) is 5. The number of carbonyl (C=O) groups excluding carboxylic acids is 2. The van der Waals surface area contributed by atoms with Gasteiger partial charge in [0.15, 0.2) is 6.10 Å². The van der Waals surface area contributed by atoms with E-state index in [4.69, 9.17) is 21.1 Å². The maximum atomic E-state index is 13.5. The van der Waals surface area contributed by atoms with E-state index in [9.17, 15) is 14.0 Å². The Hall–Kier alpha value is -3.19. The van der Waals surface area contributed by atoms with Crippen LogP contribution < -0.4 is 4.74 Å². The highest BCUT2D eigenvalue weighted by Crippen LogP contribution is 2.34. The first-order valence-electron chi connectivity index (χ1n) is 10.7. The van der Waals surface area contributed by atoms with E-state index in [1.807, 2.05) is 12.1 Å². The lowest BCUT2D eigenvalue weighted by Crippen LogP contribution is -2.47. The van der Waals surface area contributed by atoms with Crippen molar-refractivity contribution in [2.45, 2.75) is 25.9 Å². The van der Waals surface area contributed by atoms with E-state index in [1.165, 1.54) is 19.2 Å². The van der Waals surface area contributed by atoms with E-state index in [2.05, 4.69) is 4.98 Å². The molecule has 1 aromatic heterocycles. The Balaban J connectivity index is 1.52. The van der Waals surface area contributed by atoms with Crippen molar-refractivity contribution in [2.24, 2.45) is 5.92 Å². The predicted octanol–water partition coefficient (Wildman–Crippen LogP) is 4.87. The molecule has 1 aliphatic heterocycles. The number of benzene rings is 2. The van der Waals surface area contributed by atoms with Crippen LogP contribution in [0.1, 0.15) is 19.8 Å². The van der Waals surface area contributed by atoms with Crippen LogP contribution in [-0.2, 0) is 14.3 Å². The Bertz CT molecular complexity index is 1200. The van der Waals surface area contributed by atoms with Gasteiger partial charge in [0.05, 0.1) is 23.6 Å². The average molecular weight is 471 g/mol. The molecule has 1 saturated heterocycles. The van der Waals surface area contributed by atoms with Crippen molar-refractivity contribution >= 4 is 34.4 Å². The molecule has 1 aliphatic rings. The number of rotatable bonds is 5. The van der Waals surface area contributed by atoms with Crippen molar-refractivity contribution in [3.63, 3.8) is 0 Å². The van der Waals surface area contributed by atoms with Crippen LogP contribution in [0.4, 0.5) is 4.39 Å². The van der Waals surface area contributed by atoms with Crippen molar-refractivity contribution in [2.75, 3.05) is 20.2 Å². The molecule has 2 atom stereocenters. The fourth-order valence-electron chi connectivity index (χ4n) is 4.19. The van der Waals surface area contributed by atoms with Gasteiger partial charge < -0.3 is 14.4 Å². The molecule has 6 nitrogen and oxygen atoms in total. The molecule has 1 amide bonds. The first kappa shape index (κ1) is 23.0. The van der Waals surface area contributed by atoms with Gasteiger partial charge in [0.25, 0.3) is 5.91 Å². The molecule has 0 radical (unpaired) electrons. The maximum absolute atomic E-state index is 13.5. The van der Waals surface area contributed by atoms with Gasteiger partial charge in [-0.05, 0) is 61.7 Å². The summed E-state index contributed by atoms with van der Waals surface area (Å²) in [5.41, 5.74) is 2.18. The summed E-state index contributed by atoms with van der Waals surface area (Å²) in [5.74, 6) is -0.675. The largest absolute Gasteiger partial charge is 0.481 e. The van der Waals surface area contributed by atoms with Gasteiger partial charge >= 0.3 is 5.97 Å². The average Bonchev–Trinajstić information content (AvgIpc) is 2.82. The van der Waals surface area contributed by atoms with Crippen molar-refractivity contribution in [3.8, 4) is 16.9 Å². The van der Waals surface area contributed by atoms with Crippen LogP contribution in [0.15, 0.2) is 48.7 Å². The van der Waals surface area contributed by atoms with Crippen LogP contribution >= 0.6 is 11.6 Å². The number of esters is 1. The Kier molecular flexibility index (Phi) is 6.79. The molecule has 4 rings (SSSR count). The number of halogens is 2. The monoisotopic (exact) mass is 470 g/mol. The molecular weight excluding hydrogens is 447 g/mol. The third-order valence-corrected chi connectivity index (χ3v) is 6.18. The van der Waals surface area contributed by atoms with Gasteiger partial charge in [0.2, 0.25) is 0 Å². The molecule has 1 unspecified atom stereocenters. The molecule has 33 heavy (non-hydrogen) atoms. The zero-order chi connectivity index (χ0) is 23.5.